The van der Waals surface area contributed by atoms with Crippen molar-refractivity contribution in [3.05, 3.63) is 54.1 Å². The Balaban J connectivity index is 1.28. The largest absolute Gasteiger partial charge is 0.497 e. The average molecular weight is 394 g/mol. The van der Waals surface area contributed by atoms with E-state index in [1.54, 1.807) is 7.11 Å². The highest BCUT2D eigenvalue weighted by molar-refractivity contribution is 5.89. The molecule has 2 aromatic carbocycles. The number of rotatable bonds is 6. The molecule has 0 spiro atoms. The predicted molar refractivity (Wildman–Crippen MR) is 118 cm³/mol. The fourth-order valence-corrected chi connectivity index (χ4v) is 4.11. The molecular formula is C24H31N3O2. The Bertz CT molecular complexity index is 820. The van der Waals surface area contributed by atoms with Gasteiger partial charge < -0.3 is 20.3 Å². The minimum absolute atomic E-state index is 0.0683. The molecule has 154 valence electrons. The van der Waals surface area contributed by atoms with Gasteiger partial charge in [-0.1, -0.05) is 19.1 Å². The van der Waals surface area contributed by atoms with Gasteiger partial charge in [0.1, 0.15) is 5.75 Å². The SMILES string of the molecule is COc1ccc(C2(CNC(=O)Nc3ccc(N4CCC(C)CC4)cc3)CC2)cc1. The van der Waals surface area contributed by atoms with E-state index in [0.717, 1.165) is 43.3 Å². The molecule has 2 amide bonds. The molecule has 5 heteroatoms. The van der Waals surface area contributed by atoms with Crippen LogP contribution in [0.25, 0.3) is 0 Å². The summed E-state index contributed by atoms with van der Waals surface area (Å²) in [6.45, 7) is 5.20. The van der Waals surface area contributed by atoms with Gasteiger partial charge in [-0.05, 0) is 73.6 Å². The number of hydrogen-bond donors (Lipinski definition) is 2. The molecule has 29 heavy (non-hydrogen) atoms. The lowest BCUT2D eigenvalue weighted by Crippen LogP contribution is -2.35. The van der Waals surface area contributed by atoms with Gasteiger partial charge in [-0.2, -0.15) is 0 Å². The number of nitrogens with one attached hydrogen (secondary N) is 2. The molecule has 0 radical (unpaired) electrons. The molecule has 5 nitrogen and oxygen atoms in total. The molecule has 0 atom stereocenters. The van der Waals surface area contributed by atoms with Crippen molar-refractivity contribution in [2.24, 2.45) is 5.92 Å². The number of piperidine rings is 1. The Morgan fingerprint density at radius 1 is 1.07 bits per heavy atom. The Labute approximate surface area is 173 Å². The van der Waals surface area contributed by atoms with Crippen molar-refractivity contribution >= 4 is 17.4 Å². The first kappa shape index (κ1) is 19.6. The maximum absolute atomic E-state index is 12.4. The van der Waals surface area contributed by atoms with Crippen LogP contribution in [0.15, 0.2) is 48.5 Å². The Morgan fingerprint density at radius 2 is 1.72 bits per heavy atom. The van der Waals surface area contributed by atoms with E-state index in [9.17, 15) is 4.79 Å². The lowest BCUT2D eigenvalue weighted by Gasteiger charge is -2.32. The summed E-state index contributed by atoms with van der Waals surface area (Å²) in [5.74, 6) is 1.68. The zero-order valence-corrected chi connectivity index (χ0v) is 17.4. The number of amides is 2. The quantitative estimate of drug-likeness (QED) is 0.742. The molecule has 4 rings (SSSR count). The summed E-state index contributed by atoms with van der Waals surface area (Å²) in [6, 6.07) is 16.2. The zero-order chi connectivity index (χ0) is 20.3. The van der Waals surface area contributed by atoms with Crippen molar-refractivity contribution in [2.45, 2.75) is 38.0 Å². The third-order valence-electron chi connectivity index (χ3n) is 6.42. The molecule has 0 aromatic heterocycles. The highest BCUT2D eigenvalue weighted by Crippen LogP contribution is 2.47. The summed E-state index contributed by atoms with van der Waals surface area (Å²) in [6.07, 6.45) is 4.70. The molecule has 1 heterocycles. The van der Waals surface area contributed by atoms with Gasteiger partial charge in [-0.25, -0.2) is 4.79 Å². The second-order valence-electron chi connectivity index (χ2n) is 8.53. The van der Waals surface area contributed by atoms with E-state index in [1.807, 2.05) is 24.3 Å². The Hall–Kier alpha value is -2.69. The summed E-state index contributed by atoms with van der Waals surface area (Å²) in [7, 11) is 1.67. The van der Waals surface area contributed by atoms with Gasteiger partial charge in [0.25, 0.3) is 0 Å². The number of carbonyl (C=O) groups is 1. The van der Waals surface area contributed by atoms with E-state index in [2.05, 4.69) is 46.7 Å². The second kappa shape index (κ2) is 8.36. The number of benzene rings is 2. The molecular weight excluding hydrogens is 362 g/mol. The summed E-state index contributed by atoms with van der Waals surface area (Å²) >= 11 is 0. The van der Waals surface area contributed by atoms with Crippen LogP contribution in [0.4, 0.5) is 16.2 Å². The number of carbonyl (C=O) groups excluding carboxylic acids is 1. The molecule has 1 aliphatic heterocycles. The van der Waals surface area contributed by atoms with Gasteiger partial charge in [0, 0.05) is 36.4 Å². The third-order valence-corrected chi connectivity index (χ3v) is 6.42. The van der Waals surface area contributed by atoms with Crippen LogP contribution in [0.3, 0.4) is 0 Å². The fourth-order valence-electron chi connectivity index (χ4n) is 4.11. The normalized spacial score (nSPS) is 18.2. The van der Waals surface area contributed by atoms with Gasteiger partial charge in [0.05, 0.1) is 7.11 Å². The van der Waals surface area contributed by atoms with Crippen molar-refractivity contribution < 1.29 is 9.53 Å². The van der Waals surface area contributed by atoms with Crippen LogP contribution >= 0.6 is 0 Å². The van der Waals surface area contributed by atoms with E-state index in [4.69, 9.17) is 4.74 Å². The maximum Gasteiger partial charge on any atom is 0.319 e. The van der Waals surface area contributed by atoms with Crippen molar-refractivity contribution in [2.75, 3.05) is 37.0 Å². The van der Waals surface area contributed by atoms with Crippen molar-refractivity contribution in [3.8, 4) is 5.75 Å². The standard InChI is InChI=1S/C24H31N3O2/c1-18-11-15-27(16-12-18)21-7-5-20(6-8-21)26-23(28)25-17-24(13-14-24)19-3-9-22(29-2)10-4-19/h3-10,18H,11-17H2,1-2H3,(H2,25,26,28). The van der Waals surface area contributed by atoms with Crippen LogP contribution in [-0.4, -0.2) is 32.8 Å². The second-order valence-corrected chi connectivity index (χ2v) is 8.53. The lowest BCUT2D eigenvalue weighted by atomic mass is 9.96. The molecule has 2 aromatic rings. The summed E-state index contributed by atoms with van der Waals surface area (Å²) in [5, 5.41) is 6.01. The summed E-state index contributed by atoms with van der Waals surface area (Å²) in [4.78, 5) is 14.8. The van der Waals surface area contributed by atoms with Crippen molar-refractivity contribution in [1.82, 2.24) is 5.32 Å². The van der Waals surface area contributed by atoms with Crippen molar-refractivity contribution in [3.63, 3.8) is 0 Å². The number of nitrogens with zero attached hydrogens (tertiary/aromatic N) is 1. The minimum Gasteiger partial charge on any atom is -0.497 e. The predicted octanol–water partition coefficient (Wildman–Crippen LogP) is 4.78. The van der Waals surface area contributed by atoms with Crippen molar-refractivity contribution in [1.29, 1.82) is 0 Å². The molecule has 2 aliphatic rings. The minimum atomic E-state index is -0.149. The number of hydrogen-bond acceptors (Lipinski definition) is 3. The van der Waals surface area contributed by atoms with Crippen LogP contribution in [0.1, 0.15) is 38.2 Å². The van der Waals surface area contributed by atoms with Gasteiger partial charge in [0.2, 0.25) is 0 Å². The average Bonchev–Trinajstić information content (AvgIpc) is 3.55. The molecule has 1 saturated carbocycles. The molecule has 0 unspecified atom stereocenters. The monoisotopic (exact) mass is 393 g/mol. The maximum atomic E-state index is 12.4. The highest BCUT2D eigenvalue weighted by atomic mass is 16.5. The van der Waals surface area contributed by atoms with E-state index in [1.165, 1.54) is 24.1 Å². The number of ether oxygens (including phenoxy) is 1. The number of anilines is 2. The highest BCUT2D eigenvalue weighted by Gasteiger charge is 2.44. The van der Waals surface area contributed by atoms with Crippen LogP contribution in [-0.2, 0) is 5.41 Å². The topological polar surface area (TPSA) is 53.6 Å². The smallest absolute Gasteiger partial charge is 0.319 e. The number of urea groups is 1. The molecule has 1 aliphatic carbocycles. The van der Waals surface area contributed by atoms with Crippen LogP contribution in [0, 0.1) is 5.92 Å². The fraction of sp³-hybridized carbons (Fsp3) is 0.458. The zero-order valence-electron chi connectivity index (χ0n) is 17.4. The van der Waals surface area contributed by atoms with Gasteiger partial charge >= 0.3 is 6.03 Å². The molecule has 1 saturated heterocycles. The molecule has 0 bridgehead atoms. The van der Waals surface area contributed by atoms with Crippen LogP contribution in [0.2, 0.25) is 0 Å². The summed E-state index contributed by atoms with van der Waals surface area (Å²) in [5.41, 5.74) is 3.39. The first-order valence-electron chi connectivity index (χ1n) is 10.6. The van der Waals surface area contributed by atoms with E-state index < -0.39 is 0 Å². The van der Waals surface area contributed by atoms with Gasteiger partial charge in [0.15, 0.2) is 0 Å². The molecule has 2 fully saturated rings. The van der Waals surface area contributed by atoms with E-state index in [-0.39, 0.29) is 11.4 Å². The third kappa shape index (κ3) is 4.66. The molecule has 2 N–H and O–H groups in total. The van der Waals surface area contributed by atoms with Gasteiger partial charge in [-0.15, -0.1) is 0 Å². The van der Waals surface area contributed by atoms with Crippen LogP contribution < -0.4 is 20.3 Å². The first-order valence-corrected chi connectivity index (χ1v) is 10.6. The van der Waals surface area contributed by atoms with Gasteiger partial charge in [-0.3, -0.25) is 0 Å². The Kier molecular flexibility index (Phi) is 5.65. The summed E-state index contributed by atoms with van der Waals surface area (Å²) < 4.78 is 5.24. The van der Waals surface area contributed by atoms with E-state index in [0.29, 0.717) is 6.54 Å². The van der Waals surface area contributed by atoms with E-state index >= 15 is 0 Å². The Morgan fingerprint density at radius 3 is 2.31 bits per heavy atom. The lowest BCUT2D eigenvalue weighted by molar-refractivity contribution is 0.251. The number of methoxy groups -OCH3 is 1. The first-order chi connectivity index (χ1) is 14.1. The van der Waals surface area contributed by atoms with Crippen LogP contribution in [0.5, 0.6) is 5.75 Å².